The van der Waals surface area contributed by atoms with Crippen molar-refractivity contribution in [3.05, 3.63) is 23.8 Å². The molecule has 0 aromatic heterocycles. The van der Waals surface area contributed by atoms with Crippen LogP contribution in [-0.2, 0) is 6.61 Å². The molecule has 1 N–H and O–H groups in total. The van der Waals surface area contributed by atoms with Crippen LogP contribution in [0.25, 0.3) is 0 Å². The minimum atomic E-state index is -0.0190. The second kappa shape index (κ2) is 5.92. The Kier molecular flexibility index (Phi) is 4.82. The van der Waals surface area contributed by atoms with E-state index in [4.69, 9.17) is 9.47 Å². The van der Waals surface area contributed by atoms with Crippen molar-refractivity contribution in [3.8, 4) is 11.5 Å². The van der Waals surface area contributed by atoms with Gasteiger partial charge in [0.05, 0.1) is 20.3 Å². The Morgan fingerprint density at radius 2 is 1.94 bits per heavy atom. The van der Waals surface area contributed by atoms with Gasteiger partial charge in [0, 0.05) is 11.6 Å². The maximum Gasteiger partial charge on any atom is 0.128 e. The minimum Gasteiger partial charge on any atom is -0.497 e. The van der Waals surface area contributed by atoms with Crippen LogP contribution in [0.4, 0.5) is 0 Å². The lowest BCUT2D eigenvalue weighted by Gasteiger charge is -2.19. The standard InChI is InChI=1S/C14H22O3/c1-14(2,3)7-8-17-13-9-12(16-4)6-5-11(13)10-15/h5-6,9,15H,7-8,10H2,1-4H3. The number of benzene rings is 1. The van der Waals surface area contributed by atoms with Crippen molar-refractivity contribution >= 4 is 0 Å². The quantitative estimate of drug-likeness (QED) is 0.857. The van der Waals surface area contributed by atoms with Crippen molar-refractivity contribution in [1.29, 1.82) is 0 Å². The van der Waals surface area contributed by atoms with E-state index in [1.165, 1.54) is 0 Å². The van der Waals surface area contributed by atoms with Crippen molar-refractivity contribution in [2.45, 2.75) is 33.8 Å². The van der Waals surface area contributed by atoms with Crippen LogP contribution in [0.15, 0.2) is 18.2 Å². The molecule has 0 saturated carbocycles. The summed E-state index contributed by atoms with van der Waals surface area (Å²) in [6, 6.07) is 5.46. The Morgan fingerprint density at radius 1 is 1.24 bits per heavy atom. The summed E-state index contributed by atoms with van der Waals surface area (Å²) in [7, 11) is 1.62. The van der Waals surface area contributed by atoms with Crippen LogP contribution >= 0.6 is 0 Å². The van der Waals surface area contributed by atoms with Crippen LogP contribution in [0.2, 0.25) is 0 Å². The van der Waals surface area contributed by atoms with Crippen LogP contribution in [0.1, 0.15) is 32.8 Å². The van der Waals surface area contributed by atoms with Gasteiger partial charge in [-0.25, -0.2) is 0 Å². The molecule has 0 fully saturated rings. The Bertz CT molecular complexity index is 353. The van der Waals surface area contributed by atoms with E-state index in [2.05, 4.69) is 20.8 Å². The smallest absolute Gasteiger partial charge is 0.128 e. The minimum absolute atomic E-state index is 0.0190. The van der Waals surface area contributed by atoms with Gasteiger partial charge < -0.3 is 14.6 Å². The topological polar surface area (TPSA) is 38.7 Å². The molecule has 96 valence electrons. The number of ether oxygens (including phenoxy) is 2. The number of hydrogen-bond donors (Lipinski definition) is 1. The second-order valence-corrected chi connectivity index (χ2v) is 5.29. The van der Waals surface area contributed by atoms with E-state index in [0.717, 1.165) is 17.7 Å². The van der Waals surface area contributed by atoms with Crippen LogP contribution in [0.5, 0.6) is 11.5 Å². The normalized spacial score (nSPS) is 11.4. The largest absolute Gasteiger partial charge is 0.497 e. The van der Waals surface area contributed by atoms with Crippen molar-refractivity contribution in [2.24, 2.45) is 5.41 Å². The first-order valence-electron chi connectivity index (χ1n) is 5.87. The fourth-order valence-corrected chi connectivity index (χ4v) is 1.39. The molecule has 1 rings (SSSR count). The lowest BCUT2D eigenvalue weighted by Crippen LogP contribution is -2.11. The van der Waals surface area contributed by atoms with Gasteiger partial charge in [-0.15, -0.1) is 0 Å². The monoisotopic (exact) mass is 238 g/mol. The lowest BCUT2D eigenvalue weighted by molar-refractivity contribution is 0.229. The molecule has 0 amide bonds. The molecular weight excluding hydrogens is 216 g/mol. The molecule has 0 spiro atoms. The summed E-state index contributed by atoms with van der Waals surface area (Å²) in [5, 5.41) is 9.22. The summed E-state index contributed by atoms with van der Waals surface area (Å²) in [4.78, 5) is 0. The molecule has 0 aliphatic rings. The molecule has 0 bridgehead atoms. The maximum absolute atomic E-state index is 9.22. The first kappa shape index (κ1) is 13.8. The highest BCUT2D eigenvalue weighted by atomic mass is 16.5. The van der Waals surface area contributed by atoms with Gasteiger partial charge in [-0.3, -0.25) is 0 Å². The molecule has 0 radical (unpaired) electrons. The Labute approximate surface area is 103 Å². The van der Waals surface area contributed by atoms with Crippen molar-refractivity contribution in [2.75, 3.05) is 13.7 Å². The van der Waals surface area contributed by atoms with Crippen LogP contribution < -0.4 is 9.47 Å². The van der Waals surface area contributed by atoms with E-state index in [0.29, 0.717) is 12.4 Å². The average Bonchev–Trinajstić information content (AvgIpc) is 2.27. The summed E-state index contributed by atoms with van der Waals surface area (Å²) in [6.07, 6.45) is 0.967. The highest BCUT2D eigenvalue weighted by Gasteiger charge is 2.11. The second-order valence-electron chi connectivity index (χ2n) is 5.29. The van der Waals surface area contributed by atoms with Gasteiger partial charge in [0.1, 0.15) is 11.5 Å². The van der Waals surface area contributed by atoms with E-state index in [9.17, 15) is 5.11 Å². The Balaban J connectivity index is 2.68. The third-order valence-electron chi connectivity index (χ3n) is 2.55. The van der Waals surface area contributed by atoms with Gasteiger partial charge >= 0.3 is 0 Å². The molecule has 3 heteroatoms. The molecule has 0 aliphatic carbocycles. The first-order chi connectivity index (χ1) is 7.96. The van der Waals surface area contributed by atoms with Crippen LogP contribution in [0.3, 0.4) is 0 Å². The zero-order chi connectivity index (χ0) is 12.9. The zero-order valence-electron chi connectivity index (χ0n) is 11.1. The van der Waals surface area contributed by atoms with E-state index < -0.39 is 0 Å². The molecule has 0 aliphatic heterocycles. The van der Waals surface area contributed by atoms with Gasteiger partial charge in [-0.2, -0.15) is 0 Å². The number of aliphatic hydroxyl groups is 1. The van der Waals surface area contributed by atoms with E-state index in [-0.39, 0.29) is 12.0 Å². The molecule has 1 aromatic carbocycles. The number of rotatable bonds is 5. The van der Waals surface area contributed by atoms with Crippen molar-refractivity contribution in [1.82, 2.24) is 0 Å². The van der Waals surface area contributed by atoms with Crippen LogP contribution in [-0.4, -0.2) is 18.8 Å². The molecule has 0 saturated heterocycles. The Morgan fingerprint density at radius 3 is 2.47 bits per heavy atom. The predicted molar refractivity (Wildman–Crippen MR) is 68.5 cm³/mol. The number of hydrogen-bond acceptors (Lipinski definition) is 3. The predicted octanol–water partition coefficient (Wildman–Crippen LogP) is 3.00. The molecule has 17 heavy (non-hydrogen) atoms. The molecule has 0 unspecified atom stereocenters. The van der Waals surface area contributed by atoms with Gasteiger partial charge in [0.25, 0.3) is 0 Å². The zero-order valence-corrected chi connectivity index (χ0v) is 11.1. The summed E-state index contributed by atoms with van der Waals surface area (Å²) in [6.45, 7) is 7.15. The number of methoxy groups -OCH3 is 1. The third-order valence-corrected chi connectivity index (χ3v) is 2.55. The Hall–Kier alpha value is -1.22. The maximum atomic E-state index is 9.22. The summed E-state index contributed by atoms with van der Waals surface area (Å²) < 4.78 is 10.8. The van der Waals surface area contributed by atoms with Crippen molar-refractivity contribution in [3.63, 3.8) is 0 Å². The average molecular weight is 238 g/mol. The first-order valence-corrected chi connectivity index (χ1v) is 5.87. The highest BCUT2D eigenvalue weighted by molar-refractivity contribution is 5.40. The SMILES string of the molecule is COc1ccc(CO)c(OCCC(C)(C)C)c1. The van der Waals surface area contributed by atoms with Crippen molar-refractivity contribution < 1.29 is 14.6 Å². The number of aliphatic hydroxyl groups excluding tert-OH is 1. The summed E-state index contributed by atoms with van der Waals surface area (Å²) >= 11 is 0. The van der Waals surface area contributed by atoms with Gasteiger partial charge in [0.15, 0.2) is 0 Å². The molecule has 3 nitrogen and oxygen atoms in total. The fourth-order valence-electron chi connectivity index (χ4n) is 1.39. The highest BCUT2D eigenvalue weighted by Crippen LogP contribution is 2.26. The third kappa shape index (κ3) is 4.65. The van der Waals surface area contributed by atoms with E-state index in [1.807, 2.05) is 18.2 Å². The van der Waals surface area contributed by atoms with E-state index in [1.54, 1.807) is 7.11 Å². The molecular formula is C14H22O3. The lowest BCUT2D eigenvalue weighted by atomic mass is 9.93. The fraction of sp³-hybridized carbons (Fsp3) is 0.571. The van der Waals surface area contributed by atoms with Crippen LogP contribution in [0, 0.1) is 5.41 Å². The van der Waals surface area contributed by atoms with E-state index >= 15 is 0 Å². The summed E-state index contributed by atoms with van der Waals surface area (Å²) in [5.41, 5.74) is 1.04. The van der Waals surface area contributed by atoms with Gasteiger partial charge in [-0.1, -0.05) is 20.8 Å². The molecule has 0 atom stereocenters. The van der Waals surface area contributed by atoms with Gasteiger partial charge in [0.2, 0.25) is 0 Å². The summed E-state index contributed by atoms with van der Waals surface area (Å²) in [5.74, 6) is 1.45. The molecule has 0 heterocycles. The molecule has 1 aromatic rings. The van der Waals surface area contributed by atoms with Gasteiger partial charge in [-0.05, 0) is 24.0 Å².